The zero-order chi connectivity index (χ0) is 28.6. The van der Waals surface area contributed by atoms with Gasteiger partial charge in [-0.15, -0.1) is 0 Å². The number of nitrogens with one attached hydrogen (secondary N) is 1. The number of hydrogen-bond acceptors (Lipinski definition) is 4. The smallest absolute Gasteiger partial charge is 0.264 e. The van der Waals surface area contributed by atoms with Gasteiger partial charge in [0, 0.05) is 23.1 Å². The van der Waals surface area contributed by atoms with Gasteiger partial charge in [0.05, 0.1) is 10.6 Å². The first-order valence-electron chi connectivity index (χ1n) is 12.7. The van der Waals surface area contributed by atoms with Gasteiger partial charge in [-0.1, -0.05) is 72.9 Å². The molecule has 0 aliphatic heterocycles. The summed E-state index contributed by atoms with van der Waals surface area (Å²) in [5, 5.41) is 3.63. The highest BCUT2D eigenvalue weighted by atomic mass is 35.5. The molecule has 0 heterocycles. The molecule has 0 aliphatic rings. The number of hydrogen-bond donors (Lipinski definition) is 1. The maximum absolute atomic E-state index is 13.9. The number of anilines is 1. The molecule has 0 saturated heterocycles. The Hall–Kier alpha value is -3.07. The molecule has 3 aromatic rings. The van der Waals surface area contributed by atoms with Gasteiger partial charge in [-0.05, 0) is 67.8 Å². The third-order valence-corrected chi connectivity index (χ3v) is 8.63. The van der Waals surface area contributed by atoms with Gasteiger partial charge in [0.15, 0.2) is 0 Å². The van der Waals surface area contributed by atoms with Crippen molar-refractivity contribution in [3.63, 3.8) is 0 Å². The molecule has 3 rings (SSSR count). The van der Waals surface area contributed by atoms with E-state index in [1.54, 1.807) is 61.5 Å². The van der Waals surface area contributed by atoms with Crippen LogP contribution in [0.3, 0.4) is 0 Å². The summed E-state index contributed by atoms with van der Waals surface area (Å²) in [5.74, 6) is -0.893. The third kappa shape index (κ3) is 7.97. The summed E-state index contributed by atoms with van der Waals surface area (Å²) in [6.07, 6.45) is 1.70. The molecule has 0 saturated carbocycles. The minimum atomic E-state index is -4.11. The highest BCUT2D eigenvalue weighted by molar-refractivity contribution is 7.92. The van der Waals surface area contributed by atoms with Crippen LogP contribution < -0.4 is 9.62 Å². The van der Waals surface area contributed by atoms with Crippen LogP contribution in [-0.2, 0) is 26.2 Å². The molecule has 0 fully saturated rings. The van der Waals surface area contributed by atoms with Crippen molar-refractivity contribution >= 4 is 50.7 Å². The van der Waals surface area contributed by atoms with Gasteiger partial charge in [0.1, 0.15) is 12.6 Å². The van der Waals surface area contributed by atoms with Crippen molar-refractivity contribution in [1.29, 1.82) is 0 Å². The Morgan fingerprint density at radius 2 is 1.69 bits per heavy atom. The number of sulfonamides is 1. The first-order chi connectivity index (χ1) is 18.5. The molecule has 7 nitrogen and oxygen atoms in total. The second-order valence-electron chi connectivity index (χ2n) is 9.24. The first kappa shape index (κ1) is 30.5. The van der Waals surface area contributed by atoms with E-state index in [4.69, 9.17) is 23.2 Å². The summed E-state index contributed by atoms with van der Waals surface area (Å²) < 4.78 is 28.6. The molecule has 0 unspecified atom stereocenters. The van der Waals surface area contributed by atoms with Crippen LogP contribution in [0.1, 0.15) is 37.8 Å². The largest absolute Gasteiger partial charge is 0.354 e. The molecular weight excluding hydrogens is 557 g/mol. The van der Waals surface area contributed by atoms with Crippen molar-refractivity contribution in [2.75, 3.05) is 17.4 Å². The van der Waals surface area contributed by atoms with E-state index >= 15 is 0 Å². The van der Waals surface area contributed by atoms with Crippen molar-refractivity contribution in [1.82, 2.24) is 10.2 Å². The Balaban J connectivity index is 2.01. The first-order valence-corrected chi connectivity index (χ1v) is 14.9. The summed E-state index contributed by atoms with van der Waals surface area (Å²) >= 11 is 12.5. The van der Waals surface area contributed by atoms with E-state index in [0.717, 1.165) is 22.7 Å². The lowest BCUT2D eigenvalue weighted by Crippen LogP contribution is -2.51. The molecule has 1 N–H and O–H groups in total. The van der Waals surface area contributed by atoms with Crippen LogP contribution in [0.15, 0.2) is 77.7 Å². The predicted molar refractivity (Wildman–Crippen MR) is 157 cm³/mol. The number of benzene rings is 3. The third-order valence-electron chi connectivity index (χ3n) is 6.25. The minimum absolute atomic E-state index is 0.00968. The van der Waals surface area contributed by atoms with Crippen LogP contribution in [-0.4, -0.2) is 44.3 Å². The number of carbonyl (C=O) groups is 2. The molecule has 0 radical (unpaired) electrons. The molecular formula is C29H33Cl2N3O4S. The molecule has 0 bridgehead atoms. The SMILES string of the molecule is CCCCNC(=O)[C@@H](C)N(Cc1ccc(Cl)cc1Cl)C(=O)CN(c1cccc(C)c1)S(=O)(=O)c1ccccc1. The lowest BCUT2D eigenvalue weighted by Gasteiger charge is -2.32. The van der Waals surface area contributed by atoms with Gasteiger partial charge in [-0.25, -0.2) is 8.42 Å². The van der Waals surface area contributed by atoms with Crippen LogP contribution >= 0.6 is 23.2 Å². The number of unbranched alkanes of at least 4 members (excludes halogenated alkanes) is 1. The topological polar surface area (TPSA) is 86.8 Å². The maximum Gasteiger partial charge on any atom is 0.264 e. The van der Waals surface area contributed by atoms with Crippen LogP contribution in [0.4, 0.5) is 5.69 Å². The standard InChI is InChI=1S/C29H33Cl2N3O4S/c1-4-5-16-32-29(36)22(3)33(19-23-14-15-24(30)18-27(23)31)28(35)20-34(25-11-9-10-21(2)17-25)39(37,38)26-12-7-6-8-13-26/h6-15,17-18,22H,4-5,16,19-20H2,1-3H3,(H,32,36)/t22-/m1/s1. The molecule has 39 heavy (non-hydrogen) atoms. The quantitative estimate of drug-likeness (QED) is 0.269. The maximum atomic E-state index is 13.9. The van der Waals surface area contributed by atoms with Crippen molar-refractivity contribution in [3.05, 3.63) is 94.0 Å². The van der Waals surface area contributed by atoms with E-state index in [1.807, 2.05) is 19.9 Å². The molecule has 0 aromatic heterocycles. The summed E-state index contributed by atoms with van der Waals surface area (Å²) in [4.78, 5) is 28.3. The Kier molecular flexibility index (Phi) is 10.8. The Morgan fingerprint density at radius 1 is 0.974 bits per heavy atom. The molecule has 208 valence electrons. The molecule has 0 spiro atoms. The van der Waals surface area contributed by atoms with Gasteiger partial charge in [0.25, 0.3) is 10.0 Å². The van der Waals surface area contributed by atoms with E-state index in [9.17, 15) is 18.0 Å². The highest BCUT2D eigenvalue weighted by Gasteiger charge is 2.32. The summed E-state index contributed by atoms with van der Waals surface area (Å²) in [6.45, 7) is 5.42. The van der Waals surface area contributed by atoms with Crippen LogP contribution in [0.25, 0.3) is 0 Å². The van der Waals surface area contributed by atoms with E-state index in [-0.39, 0.29) is 17.3 Å². The second-order valence-corrected chi connectivity index (χ2v) is 11.9. The molecule has 10 heteroatoms. The van der Waals surface area contributed by atoms with E-state index in [0.29, 0.717) is 27.8 Å². The number of carbonyl (C=O) groups excluding carboxylic acids is 2. The van der Waals surface area contributed by atoms with E-state index in [1.165, 1.54) is 17.0 Å². The molecule has 3 aromatic carbocycles. The zero-order valence-electron chi connectivity index (χ0n) is 22.2. The lowest BCUT2D eigenvalue weighted by atomic mass is 10.1. The van der Waals surface area contributed by atoms with E-state index < -0.39 is 28.5 Å². The average Bonchev–Trinajstić information content (AvgIpc) is 2.91. The van der Waals surface area contributed by atoms with E-state index in [2.05, 4.69) is 5.32 Å². The van der Waals surface area contributed by atoms with Crippen molar-refractivity contribution < 1.29 is 18.0 Å². The second kappa shape index (κ2) is 13.8. The monoisotopic (exact) mass is 589 g/mol. The normalized spacial score (nSPS) is 12.0. The number of rotatable bonds is 12. The minimum Gasteiger partial charge on any atom is -0.354 e. The Morgan fingerprint density at radius 3 is 2.33 bits per heavy atom. The van der Waals surface area contributed by atoms with Crippen molar-refractivity contribution in [2.45, 2.75) is 51.1 Å². The number of nitrogens with zero attached hydrogens (tertiary/aromatic N) is 2. The number of amides is 2. The van der Waals surface area contributed by atoms with Gasteiger partial charge in [-0.2, -0.15) is 0 Å². The fraction of sp³-hybridized carbons (Fsp3) is 0.310. The summed E-state index contributed by atoms with van der Waals surface area (Å²) in [5.41, 5.74) is 1.76. The fourth-order valence-electron chi connectivity index (χ4n) is 3.98. The Bertz CT molecular complexity index is 1400. The van der Waals surface area contributed by atoms with Crippen molar-refractivity contribution in [3.8, 4) is 0 Å². The lowest BCUT2D eigenvalue weighted by molar-refractivity contribution is -0.139. The predicted octanol–water partition coefficient (Wildman–Crippen LogP) is 5.83. The van der Waals surface area contributed by atoms with Gasteiger partial charge in [-0.3, -0.25) is 13.9 Å². The Labute approximate surface area is 240 Å². The number of halogens is 2. The van der Waals surface area contributed by atoms with Gasteiger partial charge >= 0.3 is 0 Å². The van der Waals surface area contributed by atoms with Crippen LogP contribution in [0.5, 0.6) is 0 Å². The van der Waals surface area contributed by atoms with Gasteiger partial charge in [0.2, 0.25) is 11.8 Å². The molecule has 0 aliphatic carbocycles. The van der Waals surface area contributed by atoms with Crippen LogP contribution in [0, 0.1) is 6.92 Å². The summed E-state index contributed by atoms with van der Waals surface area (Å²) in [7, 11) is -4.11. The van der Waals surface area contributed by atoms with Crippen LogP contribution in [0.2, 0.25) is 10.0 Å². The fourth-order valence-corrected chi connectivity index (χ4v) is 5.88. The summed E-state index contributed by atoms with van der Waals surface area (Å²) in [6, 6.07) is 18.9. The molecule has 1 atom stereocenters. The number of aryl methyl sites for hydroxylation is 1. The molecule has 2 amide bonds. The average molecular weight is 591 g/mol. The highest BCUT2D eigenvalue weighted by Crippen LogP contribution is 2.27. The zero-order valence-corrected chi connectivity index (χ0v) is 24.6. The van der Waals surface area contributed by atoms with Gasteiger partial charge < -0.3 is 10.2 Å². The van der Waals surface area contributed by atoms with Crippen molar-refractivity contribution in [2.24, 2.45) is 0 Å².